The standard InChI is InChI=1S/C9H11N.C3H6O2/c1-2-8(3-1)9-4-6-10-7-5-9;1-2-5-3-4/h4-8H,1-3H2;3H,2H2,1H3. The fraction of sp³-hybridized carbons (Fsp3) is 0.500. The van der Waals surface area contributed by atoms with E-state index in [1.165, 1.54) is 24.8 Å². The van der Waals surface area contributed by atoms with Gasteiger partial charge < -0.3 is 4.74 Å². The predicted octanol–water partition coefficient (Wildman–Crippen LogP) is 2.53. The van der Waals surface area contributed by atoms with Crippen LogP contribution in [-0.2, 0) is 9.53 Å². The Hall–Kier alpha value is -1.38. The van der Waals surface area contributed by atoms with Crippen molar-refractivity contribution in [2.75, 3.05) is 6.61 Å². The summed E-state index contributed by atoms with van der Waals surface area (Å²) in [5.74, 6) is 0.850. The maximum Gasteiger partial charge on any atom is 0.293 e. The Balaban J connectivity index is 0.000000195. The highest BCUT2D eigenvalue weighted by molar-refractivity contribution is 5.36. The molecule has 3 heteroatoms. The molecule has 1 aliphatic rings. The van der Waals surface area contributed by atoms with E-state index in [0.717, 1.165) is 5.92 Å². The van der Waals surface area contributed by atoms with E-state index in [0.29, 0.717) is 13.1 Å². The summed E-state index contributed by atoms with van der Waals surface area (Å²) in [6.07, 6.45) is 7.93. The van der Waals surface area contributed by atoms with E-state index in [1.807, 2.05) is 12.4 Å². The molecule has 0 bridgehead atoms. The van der Waals surface area contributed by atoms with E-state index >= 15 is 0 Å². The molecular weight excluding hydrogens is 190 g/mol. The lowest BCUT2D eigenvalue weighted by molar-refractivity contribution is -0.128. The quantitative estimate of drug-likeness (QED) is 0.715. The molecule has 0 N–H and O–H groups in total. The molecule has 2 rings (SSSR count). The van der Waals surface area contributed by atoms with Crippen molar-refractivity contribution < 1.29 is 9.53 Å². The van der Waals surface area contributed by atoms with Crippen LogP contribution in [0.4, 0.5) is 0 Å². The fourth-order valence-electron chi connectivity index (χ4n) is 1.45. The highest BCUT2D eigenvalue weighted by Gasteiger charge is 2.18. The summed E-state index contributed by atoms with van der Waals surface area (Å²) >= 11 is 0. The molecule has 0 spiro atoms. The van der Waals surface area contributed by atoms with Gasteiger partial charge in [-0.3, -0.25) is 9.78 Å². The Morgan fingerprint density at radius 1 is 1.47 bits per heavy atom. The third-order valence-electron chi connectivity index (χ3n) is 2.52. The number of carbonyl (C=O) groups excluding carboxylic acids is 1. The van der Waals surface area contributed by atoms with Crippen LogP contribution in [0, 0.1) is 0 Å². The summed E-state index contributed by atoms with van der Waals surface area (Å²) in [5.41, 5.74) is 1.47. The van der Waals surface area contributed by atoms with Gasteiger partial charge in [0.15, 0.2) is 0 Å². The lowest BCUT2D eigenvalue weighted by Gasteiger charge is -2.25. The van der Waals surface area contributed by atoms with Crippen molar-refractivity contribution in [1.82, 2.24) is 4.98 Å². The van der Waals surface area contributed by atoms with Crippen LogP contribution >= 0.6 is 0 Å². The van der Waals surface area contributed by atoms with Crippen LogP contribution in [0.15, 0.2) is 24.5 Å². The molecule has 1 fully saturated rings. The third-order valence-corrected chi connectivity index (χ3v) is 2.52. The second kappa shape index (κ2) is 6.98. The molecule has 1 aromatic heterocycles. The van der Waals surface area contributed by atoms with Crippen molar-refractivity contribution >= 4 is 6.47 Å². The average molecular weight is 207 g/mol. The Labute approximate surface area is 90.5 Å². The predicted molar refractivity (Wildman–Crippen MR) is 58.5 cm³/mol. The second-order valence-corrected chi connectivity index (χ2v) is 3.46. The molecule has 15 heavy (non-hydrogen) atoms. The number of aromatic nitrogens is 1. The molecule has 0 atom stereocenters. The lowest BCUT2D eigenvalue weighted by Crippen LogP contribution is -2.08. The molecule has 1 heterocycles. The van der Waals surface area contributed by atoms with Crippen LogP contribution in [-0.4, -0.2) is 18.1 Å². The molecule has 1 aromatic rings. The maximum absolute atomic E-state index is 9.18. The molecule has 0 saturated heterocycles. The molecular formula is C12H17NO2. The topological polar surface area (TPSA) is 39.2 Å². The Bertz CT molecular complexity index is 270. The molecule has 0 radical (unpaired) electrons. The zero-order valence-corrected chi connectivity index (χ0v) is 9.06. The highest BCUT2D eigenvalue weighted by atomic mass is 16.5. The second-order valence-electron chi connectivity index (χ2n) is 3.46. The molecule has 3 nitrogen and oxygen atoms in total. The van der Waals surface area contributed by atoms with Crippen LogP contribution in [0.3, 0.4) is 0 Å². The summed E-state index contributed by atoms with van der Waals surface area (Å²) in [7, 11) is 0. The minimum atomic E-state index is 0.431. The first-order chi connectivity index (χ1) is 7.38. The smallest absolute Gasteiger partial charge is 0.293 e. The van der Waals surface area contributed by atoms with Crippen molar-refractivity contribution in [1.29, 1.82) is 0 Å². The van der Waals surface area contributed by atoms with Crippen molar-refractivity contribution in [3.8, 4) is 0 Å². The lowest BCUT2D eigenvalue weighted by atomic mass is 9.80. The van der Waals surface area contributed by atoms with E-state index in [2.05, 4.69) is 21.9 Å². The summed E-state index contributed by atoms with van der Waals surface area (Å²) in [6, 6.07) is 4.26. The first kappa shape index (κ1) is 11.7. The molecule has 1 aliphatic carbocycles. The van der Waals surface area contributed by atoms with Gasteiger partial charge in [0.05, 0.1) is 6.61 Å². The van der Waals surface area contributed by atoms with Gasteiger partial charge in [-0.2, -0.15) is 0 Å². The summed E-state index contributed by atoms with van der Waals surface area (Å²) < 4.78 is 4.15. The van der Waals surface area contributed by atoms with Crippen molar-refractivity contribution in [3.05, 3.63) is 30.1 Å². The van der Waals surface area contributed by atoms with E-state index in [9.17, 15) is 4.79 Å². The van der Waals surface area contributed by atoms with Gasteiger partial charge >= 0.3 is 0 Å². The molecule has 0 aliphatic heterocycles. The minimum absolute atomic E-state index is 0.431. The Morgan fingerprint density at radius 3 is 2.47 bits per heavy atom. The number of rotatable bonds is 3. The van der Waals surface area contributed by atoms with Gasteiger partial charge in [-0.05, 0) is 43.4 Å². The molecule has 1 saturated carbocycles. The van der Waals surface area contributed by atoms with Gasteiger partial charge in [-0.15, -0.1) is 0 Å². The summed E-state index contributed by atoms with van der Waals surface area (Å²) in [5, 5.41) is 0. The third kappa shape index (κ3) is 4.11. The van der Waals surface area contributed by atoms with Gasteiger partial charge in [0.25, 0.3) is 6.47 Å². The van der Waals surface area contributed by atoms with Gasteiger partial charge in [0, 0.05) is 12.4 Å². The maximum atomic E-state index is 9.18. The molecule has 82 valence electrons. The van der Waals surface area contributed by atoms with Crippen LogP contribution < -0.4 is 0 Å². The molecule has 0 amide bonds. The van der Waals surface area contributed by atoms with Crippen LogP contribution in [0.2, 0.25) is 0 Å². The number of nitrogens with zero attached hydrogens (tertiary/aromatic N) is 1. The number of hydrogen-bond donors (Lipinski definition) is 0. The van der Waals surface area contributed by atoms with Crippen molar-refractivity contribution in [3.63, 3.8) is 0 Å². The van der Waals surface area contributed by atoms with E-state index in [4.69, 9.17) is 0 Å². The number of ether oxygens (including phenoxy) is 1. The SMILES string of the molecule is CCOC=O.c1cc(C2CCC2)ccn1. The zero-order chi connectivity index (χ0) is 10.9. The average Bonchev–Trinajstić information content (AvgIpc) is 2.19. The van der Waals surface area contributed by atoms with Crippen molar-refractivity contribution in [2.24, 2.45) is 0 Å². The minimum Gasteiger partial charge on any atom is -0.468 e. The van der Waals surface area contributed by atoms with Crippen LogP contribution in [0.5, 0.6) is 0 Å². The largest absolute Gasteiger partial charge is 0.468 e. The van der Waals surface area contributed by atoms with Crippen molar-refractivity contribution in [2.45, 2.75) is 32.1 Å². The van der Waals surface area contributed by atoms with Gasteiger partial charge in [-0.25, -0.2) is 0 Å². The number of hydrogen-bond acceptors (Lipinski definition) is 3. The van der Waals surface area contributed by atoms with Gasteiger partial charge in [0.2, 0.25) is 0 Å². The van der Waals surface area contributed by atoms with Crippen LogP contribution in [0.1, 0.15) is 37.7 Å². The summed E-state index contributed by atoms with van der Waals surface area (Å²) in [6.45, 7) is 2.66. The normalized spacial score (nSPS) is 14.5. The zero-order valence-electron chi connectivity index (χ0n) is 9.06. The van der Waals surface area contributed by atoms with Gasteiger partial charge in [0.1, 0.15) is 0 Å². The highest BCUT2D eigenvalue weighted by Crippen LogP contribution is 2.35. The Kier molecular flexibility index (Phi) is 5.44. The molecule has 0 aromatic carbocycles. The fourth-order valence-corrected chi connectivity index (χ4v) is 1.45. The van der Waals surface area contributed by atoms with E-state index < -0.39 is 0 Å². The number of carbonyl (C=O) groups is 1. The van der Waals surface area contributed by atoms with E-state index in [-0.39, 0.29) is 0 Å². The first-order valence-electron chi connectivity index (χ1n) is 5.33. The number of pyridine rings is 1. The summed E-state index contributed by atoms with van der Waals surface area (Å²) in [4.78, 5) is 13.2. The van der Waals surface area contributed by atoms with Gasteiger partial charge in [-0.1, -0.05) is 6.42 Å². The molecule has 0 unspecified atom stereocenters. The first-order valence-corrected chi connectivity index (χ1v) is 5.33. The van der Waals surface area contributed by atoms with E-state index in [1.54, 1.807) is 6.92 Å². The Morgan fingerprint density at radius 2 is 2.13 bits per heavy atom. The monoisotopic (exact) mass is 207 g/mol. The van der Waals surface area contributed by atoms with Crippen LogP contribution in [0.25, 0.3) is 0 Å².